The number of benzene rings is 1. The van der Waals surface area contributed by atoms with E-state index in [1.54, 1.807) is 30.3 Å². The van der Waals surface area contributed by atoms with Gasteiger partial charge in [0.2, 0.25) is 0 Å². The summed E-state index contributed by atoms with van der Waals surface area (Å²) in [7, 11) is 0. The van der Waals surface area contributed by atoms with Gasteiger partial charge in [0.15, 0.2) is 0 Å². The Morgan fingerprint density at radius 3 is 2.76 bits per heavy atom. The number of carboxylic acid groups (broad SMARTS) is 1. The summed E-state index contributed by atoms with van der Waals surface area (Å²) in [6.07, 6.45) is 1.32. The molecule has 2 rings (SSSR count). The van der Waals surface area contributed by atoms with Crippen molar-refractivity contribution < 1.29 is 14.3 Å². The van der Waals surface area contributed by atoms with Crippen molar-refractivity contribution in [1.29, 1.82) is 0 Å². The van der Waals surface area contributed by atoms with E-state index in [4.69, 9.17) is 5.11 Å². The van der Waals surface area contributed by atoms with Crippen molar-refractivity contribution in [2.24, 2.45) is 0 Å². The first-order chi connectivity index (χ1) is 8.16. The SMILES string of the molecule is O=C(O)Cc1cc(-c2ccccc2F)ccn1. The predicted molar refractivity (Wildman–Crippen MR) is 61.0 cm³/mol. The highest BCUT2D eigenvalue weighted by Crippen LogP contribution is 2.22. The third-order valence-corrected chi connectivity index (χ3v) is 2.33. The molecule has 86 valence electrons. The molecule has 1 aromatic heterocycles. The van der Waals surface area contributed by atoms with Gasteiger partial charge in [-0.05, 0) is 23.8 Å². The van der Waals surface area contributed by atoms with Crippen molar-refractivity contribution in [2.45, 2.75) is 6.42 Å². The summed E-state index contributed by atoms with van der Waals surface area (Å²) in [6, 6.07) is 9.60. The van der Waals surface area contributed by atoms with E-state index in [0.29, 0.717) is 16.8 Å². The molecule has 0 spiro atoms. The Balaban J connectivity index is 2.40. The van der Waals surface area contributed by atoms with Gasteiger partial charge in [-0.1, -0.05) is 18.2 Å². The molecular weight excluding hydrogens is 221 g/mol. The molecule has 0 atom stereocenters. The van der Waals surface area contributed by atoms with E-state index in [1.807, 2.05) is 0 Å². The van der Waals surface area contributed by atoms with Crippen LogP contribution >= 0.6 is 0 Å². The third-order valence-electron chi connectivity index (χ3n) is 2.33. The van der Waals surface area contributed by atoms with E-state index in [-0.39, 0.29) is 12.2 Å². The summed E-state index contributed by atoms with van der Waals surface area (Å²) in [5.74, 6) is -1.29. The topological polar surface area (TPSA) is 50.2 Å². The largest absolute Gasteiger partial charge is 0.481 e. The number of halogens is 1. The third kappa shape index (κ3) is 2.66. The molecule has 0 radical (unpaired) electrons. The second-order valence-corrected chi connectivity index (χ2v) is 3.59. The van der Waals surface area contributed by atoms with E-state index < -0.39 is 5.97 Å². The molecule has 0 bridgehead atoms. The Hall–Kier alpha value is -2.23. The number of aliphatic carboxylic acids is 1. The monoisotopic (exact) mass is 231 g/mol. The molecule has 0 fully saturated rings. The van der Waals surface area contributed by atoms with Gasteiger partial charge in [-0.15, -0.1) is 0 Å². The number of carboxylic acids is 1. The molecule has 0 aliphatic heterocycles. The molecule has 1 aromatic carbocycles. The van der Waals surface area contributed by atoms with E-state index in [9.17, 15) is 9.18 Å². The molecule has 17 heavy (non-hydrogen) atoms. The highest BCUT2D eigenvalue weighted by Gasteiger charge is 2.07. The standard InChI is InChI=1S/C13H10FNO2/c14-12-4-2-1-3-11(12)9-5-6-15-10(7-9)8-13(16)17/h1-7H,8H2,(H,16,17). The van der Waals surface area contributed by atoms with Crippen LogP contribution in [0.4, 0.5) is 4.39 Å². The molecule has 4 heteroatoms. The normalized spacial score (nSPS) is 10.2. The average Bonchev–Trinajstić information content (AvgIpc) is 2.29. The lowest BCUT2D eigenvalue weighted by Crippen LogP contribution is -2.02. The Kier molecular flexibility index (Phi) is 3.14. The van der Waals surface area contributed by atoms with Crippen LogP contribution < -0.4 is 0 Å². The Morgan fingerprint density at radius 2 is 2.06 bits per heavy atom. The van der Waals surface area contributed by atoms with Crippen molar-refractivity contribution in [1.82, 2.24) is 4.98 Å². The van der Waals surface area contributed by atoms with Crippen LogP contribution in [0.15, 0.2) is 42.6 Å². The van der Waals surface area contributed by atoms with Gasteiger partial charge < -0.3 is 5.11 Å². The van der Waals surface area contributed by atoms with Crippen LogP contribution in [0.5, 0.6) is 0 Å². The Labute approximate surface area is 97.6 Å². The fourth-order valence-electron chi connectivity index (χ4n) is 1.59. The maximum absolute atomic E-state index is 13.5. The van der Waals surface area contributed by atoms with Crippen LogP contribution in [0.3, 0.4) is 0 Å². The molecule has 1 heterocycles. The fourth-order valence-corrected chi connectivity index (χ4v) is 1.59. The van der Waals surface area contributed by atoms with Crippen LogP contribution in [-0.2, 0) is 11.2 Å². The summed E-state index contributed by atoms with van der Waals surface area (Å²) in [5, 5.41) is 8.67. The number of nitrogens with zero attached hydrogens (tertiary/aromatic N) is 1. The molecule has 3 nitrogen and oxygen atoms in total. The number of hydrogen-bond acceptors (Lipinski definition) is 2. The zero-order chi connectivity index (χ0) is 12.3. The minimum Gasteiger partial charge on any atom is -0.481 e. The maximum atomic E-state index is 13.5. The van der Waals surface area contributed by atoms with Gasteiger partial charge >= 0.3 is 5.97 Å². The van der Waals surface area contributed by atoms with Crippen molar-refractivity contribution in [3.8, 4) is 11.1 Å². The van der Waals surface area contributed by atoms with Gasteiger partial charge in [0.05, 0.1) is 12.1 Å². The predicted octanol–water partition coefficient (Wildman–Crippen LogP) is 2.51. The summed E-state index contributed by atoms with van der Waals surface area (Å²) >= 11 is 0. The van der Waals surface area contributed by atoms with E-state index in [0.717, 1.165) is 0 Å². The van der Waals surface area contributed by atoms with Gasteiger partial charge in [0, 0.05) is 11.8 Å². The van der Waals surface area contributed by atoms with Crippen LogP contribution in [-0.4, -0.2) is 16.1 Å². The van der Waals surface area contributed by atoms with Gasteiger partial charge in [-0.25, -0.2) is 4.39 Å². The van der Waals surface area contributed by atoms with Gasteiger partial charge in [0.1, 0.15) is 5.82 Å². The minimum absolute atomic E-state index is 0.164. The molecule has 0 unspecified atom stereocenters. The second-order valence-electron chi connectivity index (χ2n) is 3.59. The first-order valence-electron chi connectivity index (χ1n) is 5.08. The number of rotatable bonds is 3. The Morgan fingerprint density at radius 1 is 1.29 bits per heavy atom. The first-order valence-corrected chi connectivity index (χ1v) is 5.08. The molecule has 0 amide bonds. The zero-order valence-electron chi connectivity index (χ0n) is 8.93. The van der Waals surface area contributed by atoms with Crippen LogP contribution in [0, 0.1) is 5.82 Å². The van der Waals surface area contributed by atoms with Gasteiger partial charge in [-0.3, -0.25) is 9.78 Å². The number of carbonyl (C=O) groups is 1. The van der Waals surface area contributed by atoms with Crippen molar-refractivity contribution in [3.63, 3.8) is 0 Å². The number of aromatic nitrogens is 1. The highest BCUT2D eigenvalue weighted by atomic mass is 19.1. The molecule has 0 saturated heterocycles. The zero-order valence-corrected chi connectivity index (χ0v) is 8.93. The lowest BCUT2D eigenvalue weighted by molar-refractivity contribution is -0.136. The van der Waals surface area contributed by atoms with E-state index >= 15 is 0 Å². The molecule has 1 N–H and O–H groups in total. The van der Waals surface area contributed by atoms with Crippen molar-refractivity contribution >= 4 is 5.97 Å². The summed E-state index contributed by atoms with van der Waals surface area (Å²) in [5.41, 5.74) is 1.49. The summed E-state index contributed by atoms with van der Waals surface area (Å²) < 4.78 is 13.5. The van der Waals surface area contributed by atoms with Gasteiger partial charge in [-0.2, -0.15) is 0 Å². The number of pyridine rings is 1. The van der Waals surface area contributed by atoms with Crippen LogP contribution in [0.1, 0.15) is 5.69 Å². The van der Waals surface area contributed by atoms with Crippen LogP contribution in [0.2, 0.25) is 0 Å². The molecule has 0 saturated carbocycles. The quantitative estimate of drug-likeness (QED) is 0.883. The first kappa shape index (κ1) is 11.3. The van der Waals surface area contributed by atoms with E-state index in [2.05, 4.69) is 4.98 Å². The van der Waals surface area contributed by atoms with Gasteiger partial charge in [0.25, 0.3) is 0 Å². The van der Waals surface area contributed by atoms with E-state index in [1.165, 1.54) is 12.3 Å². The summed E-state index contributed by atoms with van der Waals surface area (Å²) in [6.45, 7) is 0. The molecule has 0 aliphatic carbocycles. The van der Waals surface area contributed by atoms with Crippen molar-refractivity contribution in [3.05, 3.63) is 54.1 Å². The maximum Gasteiger partial charge on any atom is 0.309 e. The fraction of sp³-hybridized carbons (Fsp3) is 0.0769. The second kappa shape index (κ2) is 4.74. The minimum atomic E-state index is -0.955. The summed E-state index contributed by atoms with van der Waals surface area (Å²) in [4.78, 5) is 14.5. The van der Waals surface area contributed by atoms with Crippen molar-refractivity contribution in [2.75, 3.05) is 0 Å². The lowest BCUT2D eigenvalue weighted by Gasteiger charge is -2.04. The Bertz CT molecular complexity index is 555. The average molecular weight is 231 g/mol. The molecule has 2 aromatic rings. The molecule has 0 aliphatic rings. The smallest absolute Gasteiger partial charge is 0.309 e. The highest BCUT2D eigenvalue weighted by molar-refractivity contribution is 5.71. The number of hydrogen-bond donors (Lipinski definition) is 1. The van der Waals surface area contributed by atoms with Crippen LogP contribution in [0.25, 0.3) is 11.1 Å². The molecular formula is C13H10FNO2. The lowest BCUT2D eigenvalue weighted by atomic mass is 10.1.